The van der Waals surface area contributed by atoms with Crippen molar-refractivity contribution in [3.05, 3.63) is 53.5 Å². The number of anilines is 2. The van der Waals surface area contributed by atoms with Crippen LogP contribution in [-0.2, 0) is 9.59 Å². The lowest BCUT2D eigenvalue weighted by atomic mass is 10.2. The maximum atomic E-state index is 11.7. The third-order valence-corrected chi connectivity index (χ3v) is 2.97. The molecular formula is C16H13N3O6. The van der Waals surface area contributed by atoms with Gasteiger partial charge in [0.05, 0.1) is 0 Å². The van der Waals surface area contributed by atoms with E-state index in [1.807, 2.05) is 0 Å². The van der Waals surface area contributed by atoms with Gasteiger partial charge >= 0.3 is 0 Å². The normalized spacial score (nSPS) is 10.4. The van der Waals surface area contributed by atoms with Crippen molar-refractivity contribution in [2.24, 2.45) is 5.18 Å². The highest BCUT2D eigenvalue weighted by Gasteiger charge is 2.06. The Morgan fingerprint density at radius 3 is 1.84 bits per heavy atom. The van der Waals surface area contributed by atoms with Crippen molar-refractivity contribution in [1.29, 1.82) is 0 Å². The van der Waals surface area contributed by atoms with Gasteiger partial charge in [0.25, 0.3) is 0 Å². The summed E-state index contributed by atoms with van der Waals surface area (Å²) in [7, 11) is 0. The summed E-state index contributed by atoms with van der Waals surface area (Å²) in [6, 6.07) is 7.43. The Labute approximate surface area is 141 Å². The van der Waals surface area contributed by atoms with E-state index in [4.69, 9.17) is 0 Å². The van der Waals surface area contributed by atoms with Crippen molar-refractivity contribution in [1.82, 2.24) is 0 Å². The van der Waals surface area contributed by atoms with Gasteiger partial charge in [0.1, 0.15) is 5.75 Å². The second kappa shape index (κ2) is 7.59. The zero-order valence-electron chi connectivity index (χ0n) is 12.6. The molecule has 0 aliphatic heterocycles. The summed E-state index contributed by atoms with van der Waals surface area (Å²) in [4.78, 5) is 33.9. The van der Waals surface area contributed by atoms with Crippen LogP contribution in [0.4, 0.5) is 17.1 Å². The fraction of sp³-hybridized carbons (Fsp3) is 0. The van der Waals surface area contributed by atoms with E-state index < -0.39 is 17.6 Å². The van der Waals surface area contributed by atoms with Crippen LogP contribution >= 0.6 is 0 Å². The van der Waals surface area contributed by atoms with Gasteiger partial charge in [-0.15, -0.1) is 4.91 Å². The number of rotatable bonds is 5. The fourth-order valence-electron chi connectivity index (χ4n) is 1.79. The van der Waals surface area contributed by atoms with Crippen LogP contribution < -0.4 is 10.6 Å². The number of hydrogen-bond donors (Lipinski definition) is 5. The Kier molecular flexibility index (Phi) is 5.31. The number of hydrogen-bond acceptors (Lipinski definition) is 7. The number of nitrogens with zero attached hydrogens (tertiary/aromatic N) is 1. The molecule has 0 saturated carbocycles. The molecular weight excluding hydrogens is 330 g/mol. The number of benzene rings is 2. The van der Waals surface area contributed by atoms with Crippen LogP contribution in [0.15, 0.2) is 53.7 Å². The molecule has 0 fully saturated rings. The molecule has 128 valence electrons. The molecule has 2 aromatic rings. The van der Waals surface area contributed by atoms with Gasteiger partial charge in [0, 0.05) is 29.6 Å². The summed E-state index contributed by atoms with van der Waals surface area (Å²) in [5.74, 6) is -2.33. The van der Waals surface area contributed by atoms with Crippen molar-refractivity contribution in [2.75, 3.05) is 10.6 Å². The van der Waals surface area contributed by atoms with Crippen molar-refractivity contribution >= 4 is 28.9 Å². The summed E-state index contributed by atoms with van der Waals surface area (Å²) in [5.41, 5.74) is 0.211. The molecule has 5 N–H and O–H groups in total. The molecule has 0 aliphatic rings. The molecule has 0 saturated heterocycles. The lowest BCUT2D eigenvalue weighted by Crippen LogP contribution is -2.12. The maximum absolute atomic E-state index is 11.7. The third-order valence-electron chi connectivity index (χ3n) is 2.97. The van der Waals surface area contributed by atoms with Gasteiger partial charge in [-0.05, 0) is 35.5 Å². The van der Waals surface area contributed by atoms with E-state index in [0.717, 1.165) is 18.2 Å². The molecule has 2 rings (SSSR count). The van der Waals surface area contributed by atoms with E-state index in [1.54, 1.807) is 0 Å². The van der Waals surface area contributed by atoms with Gasteiger partial charge in [-0.2, -0.15) is 0 Å². The number of nitrogens with one attached hydrogen (secondary N) is 2. The lowest BCUT2D eigenvalue weighted by molar-refractivity contribution is -0.114. The molecule has 0 heterocycles. The first-order valence-electron chi connectivity index (χ1n) is 6.87. The monoisotopic (exact) mass is 343 g/mol. The van der Waals surface area contributed by atoms with Crippen LogP contribution in [0.1, 0.15) is 0 Å². The van der Waals surface area contributed by atoms with E-state index in [1.165, 1.54) is 30.3 Å². The standard InChI is InChI=1S/C16H13N3O6/c20-12-3-1-9(7-11(12)19-25)17-15(23)5-6-16(24)18-10-2-4-13(21)14(22)8-10/h1-8,20-22H,(H,17,23)(H,18,24)/b6-5-. The number of carbonyl (C=O) groups excluding carboxylic acids is 2. The maximum Gasteiger partial charge on any atom is 0.248 e. The van der Waals surface area contributed by atoms with E-state index in [9.17, 15) is 29.8 Å². The molecule has 0 atom stereocenters. The van der Waals surface area contributed by atoms with Crippen LogP contribution in [0, 0.1) is 4.91 Å². The zero-order valence-corrected chi connectivity index (χ0v) is 12.6. The molecule has 2 aromatic carbocycles. The third kappa shape index (κ3) is 4.79. The van der Waals surface area contributed by atoms with Crippen LogP contribution in [0.25, 0.3) is 0 Å². The average molecular weight is 343 g/mol. The molecule has 2 amide bonds. The smallest absolute Gasteiger partial charge is 0.248 e. The van der Waals surface area contributed by atoms with Crippen molar-refractivity contribution in [3.8, 4) is 17.2 Å². The van der Waals surface area contributed by atoms with Gasteiger partial charge in [-0.3, -0.25) is 9.59 Å². The lowest BCUT2D eigenvalue weighted by Gasteiger charge is -2.04. The molecule has 0 bridgehead atoms. The van der Waals surface area contributed by atoms with Gasteiger partial charge < -0.3 is 26.0 Å². The molecule has 0 radical (unpaired) electrons. The Morgan fingerprint density at radius 1 is 0.800 bits per heavy atom. The predicted molar refractivity (Wildman–Crippen MR) is 89.7 cm³/mol. The van der Waals surface area contributed by atoms with Gasteiger partial charge in [0.15, 0.2) is 17.2 Å². The van der Waals surface area contributed by atoms with Gasteiger partial charge in [-0.1, -0.05) is 0 Å². The molecule has 0 aliphatic carbocycles. The Hall–Kier alpha value is -3.88. The summed E-state index contributed by atoms with van der Waals surface area (Å²) in [6.07, 6.45) is 1.91. The Morgan fingerprint density at radius 2 is 1.32 bits per heavy atom. The number of nitroso groups, excluding NO2 is 1. The molecule has 9 nitrogen and oxygen atoms in total. The zero-order chi connectivity index (χ0) is 18.4. The van der Waals surface area contributed by atoms with E-state index in [2.05, 4.69) is 15.8 Å². The first-order valence-corrected chi connectivity index (χ1v) is 6.87. The minimum Gasteiger partial charge on any atom is -0.506 e. The minimum absolute atomic E-state index is 0.214. The van der Waals surface area contributed by atoms with E-state index in [-0.39, 0.29) is 28.6 Å². The molecule has 0 spiro atoms. The molecule has 25 heavy (non-hydrogen) atoms. The van der Waals surface area contributed by atoms with E-state index >= 15 is 0 Å². The number of phenols is 3. The molecule has 0 unspecified atom stereocenters. The first-order chi connectivity index (χ1) is 11.9. The number of aromatic hydroxyl groups is 3. The summed E-state index contributed by atoms with van der Waals surface area (Å²) in [6.45, 7) is 0. The topological polar surface area (TPSA) is 148 Å². The Bertz CT molecular complexity index is 863. The largest absolute Gasteiger partial charge is 0.506 e. The van der Waals surface area contributed by atoms with Crippen LogP contribution in [0.2, 0.25) is 0 Å². The summed E-state index contributed by atoms with van der Waals surface area (Å²) < 4.78 is 0. The Balaban J connectivity index is 1.96. The SMILES string of the molecule is O=Nc1cc(NC(=O)/C=C\C(=O)Nc2ccc(O)c(O)c2)ccc1O. The quantitative estimate of drug-likeness (QED) is 0.243. The second-order valence-electron chi connectivity index (χ2n) is 4.81. The molecule has 9 heteroatoms. The fourth-order valence-corrected chi connectivity index (χ4v) is 1.79. The summed E-state index contributed by atoms with van der Waals surface area (Å²) >= 11 is 0. The number of carbonyl (C=O) groups is 2. The highest BCUT2D eigenvalue weighted by atomic mass is 16.3. The minimum atomic E-state index is -0.647. The predicted octanol–water partition coefficient (Wildman–Crippen LogP) is 2.33. The number of phenolic OH excluding ortho intramolecular Hbond substituents is 3. The van der Waals surface area contributed by atoms with Gasteiger partial charge in [-0.25, -0.2) is 0 Å². The molecule has 0 aromatic heterocycles. The highest BCUT2D eigenvalue weighted by molar-refractivity contribution is 6.07. The van der Waals surface area contributed by atoms with E-state index in [0.29, 0.717) is 0 Å². The second-order valence-corrected chi connectivity index (χ2v) is 4.81. The van der Waals surface area contributed by atoms with Crippen LogP contribution in [0.5, 0.6) is 17.2 Å². The van der Waals surface area contributed by atoms with Crippen LogP contribution in [-0.4, -0.2) is 27.1 Å². The highest BCUT2D eigenvalue weighted by Crippen LogP contribution is 2.29. The van der Waals surface area contributed by atoms with Crippen LogP contribution in [0.3, 0.4) is 0 Å². The summed E-state index contributed by atoms with van der Waals surface area (Å²) in [5, 5.41) is 35.2. The van der Waals surface area contributed by atoms with Crippen molar-refractivity contribution < 1.29 is 24.9 Å². The van der Waals surface area contributed by atoms with Gasteiger partial charge in [0.2, 0.25) is 11.8 Å². The first kappa shape index (κ1) is 17.5. The average Bonchev–Trinajstić information content (AvgIpc) is 2.58. The number of amides is 2. The van der Waals surface area contributed by atoms with Crippen molar-refractivity contribution in [2.45, 2.75) is 0 Å². The van der Waals surface area contributed by atoms with Crippen molar-refractivity contribution in [3.63, 3.8) is 0 Å².